The zero-order chi connectivity index (χ0) is 10.8. The first-order chi connectivity index (χ1) is 6.45. The fraction of sp³-hybridized carbons (Fsp3) is 0.364. The van der Waals surface area contributed by atoms with E-state index in [4.69, 9.17) is 5.26 Å². The Bertz CT molecular complexity index is 343. The molecule has 1 rings (SSSR count). The van der Waals surface area contributed by atoms with Crippen LogP contribution in [-0.4, -0.2) is 15.3 Å². The van der Waals surface area contributed by atoms with Crippen molar-refractivity contribution in [1.29, 1.82) is 5.26 Å². The molecular weight excluding hydrogens is 188 g/mol. The van der Waals surface area contributed by atoms with Crippen molar-refractivity contribution in [2.45, 2.75) is 19.6 Å². The van der Waals surface area contributed by atoms with Crippen LogP contribution in [0, 0.1) is 11.3 Å². The van der Waals surface area contributed by atoms with Crippen molar-refractivity contribution in [2.24, 2.45) is 0 Å². The molecule has 0 aliphatic rings. The van der Waals surface area contributed by atoms with Gasteiger partial charge in [-0.2, -0.15) is 5.26 Å². The molecule has 0 saturated heterocycles. The molecule has 3 heteroatoms. The third-order valence-electron chi connectivity index (χ3n) is 2.39. The monoisotopic (exact) mass is 204 g/mol. The number of benzene rings is 1. The molecule has 0 spiro atoms. The van der Waals surface area contributed by atoms with Crippen LogP contribution in [0.3, 0.4) is 0 Å². The van der Waals surface area contributed by atoms with Crippen LogP contribution in [0.4, 0.5) is 5.69 Å². The first-order valence-electron chi connectivity index (χ1n) is 4.69. The van der Waals surface area contributed by atoms with Gasteiger partial charge in [0.15, 0.2) is 0 Å². The highest BCUT2D eigenvalue weighted by atomic mass is 28.3. The van der Waals surface area contributed by atoms with Crippen LogP contribution >= 0.6 is 0 Å². The lowest BCUT2D eigenvalue weighted by Gasteiger charge is -2.32. The highest BCUT2D eigenvalue weighted by molar-refractivity contribution is 6.79. The summed E-state index contributed by atoms with van der Waals surface area (Å²) in [6, 6.07) is 9.88. The Labute approximate surface area is 86.9 Å². The predicted octanol–water partition coefficient (Wildman–Crippen LogP) is 2.83. The molecule has 14 heavy (non-hydrogen) atoms. The van der Waals surface area contributed by atoms with E-state index >= 15 is 0 Å². The second kappa shape index (κ2) is 3.85. The molecule has 0 aromatic heterocycles. The maximum atomic E-state index is 8.67. The van der Waals surface area contributed by atoms with E-state index < -0.39 is 8.24 Å². The van der Waals surface area contributed by atoms with Gasteiger partial charge in [0.25, 0.3) is 0 Å². The number of hydrogen-bond acceptors (Lipinski definition) is 2. The van der Waals surface area contributed by atoms with Gasteiger partial charge < -0.3 is 4.57 Å². The summed E-state index contributed by atoms with van der Waals surface area (Å²) in [5.74, 6) is 0. The summed E-state index contributed by atoms with van der Waals surface area (Å²) in [5, 5.41) is 8.67. The average Bonchev–Trinajstić information content (AvgIpc) is 2.15. The van der Waals surface area contributed by atoms with E-state index in [1.165, 1.54) is 5.69 Å². The average molecular weight is 204 g/mol. The Morgan fingerprint density at radius 2 is 1.64 bits per heavy atom. The van der Waals surface area contributed by atoms with Crippen LogP contribution in [0.15, 0.2) is 24.3 Å². The normalized spacial score (nSPS) is 10.8. The molecule has 0 bridgehead atoms. The topological polar surface area (TPSA) is 27.0 Å². The maximum Gasteiger partial charge on any atom is 0.147 e. The molecule has 0 unspecified atom stereocenters. The lowest BCUT2D eigenvalue weighted by molar-refractivity contribution is 1.25. The quantitative estimate of drug-likeness (QED) is 0.693. The van der Waals surface area contributed by atoms with Gasteiger partial charge in [-0.05, 0) is 31.3 Å². The van der Waals surface area contributed by atoms with Gasteiger partial charge in [-0.15, -0.1) is 0 Å². The molecule has 1 aromatic carbocycles. The molecule has 0 fully saturated rings. The van der Waals surface area contributed by atoms with Gasteiger partial charge in [-0.25, -0.2) is 0 Å². The third kappa shape index (κ3) is 2.36. The summed E-state index contributed by atoms with van der Waals surface area (Å²) >= 11 is 0. The summed E-state index contributed by atoms with van der Waals surface area (Å²) < 4.78 is 2.33. The van der Waals surface area contributed by atoms with Gasteiger partial charge >= 0.3 is 0 Å². The van der Waals surface area contributed by atoms with E-state index in [1.54, 1.807) is 0 Å². The van der Waals surface area contributed by atoms with Crippen LogP contribution < -0.4 is 4.57 Å². The Hall–Kier alpha value is -1.27. The largest absolute Gasteiger partial charge is 0.401 e. The lowest BCUT2D eigenvalue weighted by atomic mass is 10.2. The van der Waals surface area contributed by atoms with Crippen LogP contribution in [0.5, 0.6) is 0 Å². The van der Waals surface area contributed by atoms with Crippen LogP contribution in [0.2, 0.25) is 19.6 Å². The molecule has 0 radical (unpaired) electrons. The number of nitrogens with zero attached hydrogens (tertiary/aromatic N) is 2. The van der Waals surface area contributed by atoms with Crippen molar-refractivity contribution in [3.05, 3.63) is 29.8 Å². The Kier molecular flexibility index (Phi) is 2.97. The summed E-state index contributed by atoms with van der Waals surface area (Å²) in [6.07, 6.45) is 0. The second-order valence-corrected chi connectivity index (χ2v) is 9.40. The van der Waals surface area contributed by atoms with Crippen molar-refractivity contribution < 1.29 is 0 Å². The van der Waals surface area contributed by atoms with Crippen LogP contribution in [0.25, 0.3) is 0 Å². The van der Waals surface area contributed by atoms with Crippen molar-refractivity contribution in [2.75, 3.05) is 11.6 Å². The number of anilines is 1. The molecule has 0 heterocycles. The number of rotatable bonds is 2. The number of hydrogen-bond donors (Lipinski definition) is 0. The van der Waals surface area contributed by atoms with Gasteiger partial charge in [-0.3, -0.25) is 0 Å². The van der Waals surface area contributed by atoms with Gasteiger partial charge in [0, 0.05) is 5.69 Å². The highest BCUT2D eigenvalue weighted by Gasteiger charge is 2.20. The minimum atomic E-state index is -1.28. The Morgan fingerprint density at radius 1 is 1.14 bits per heavy atom. The lowest BCUT2D eigenvalue weighted by Crippen LogP contribution is -2.43. The highest BCUT2D eigenvalue weighted by Crippen LogP contribution is 2.19. The van der Waals surface area contributed by atoms with Crippen molar-refractivity contribution in [3.63, 3.8) is 0 Å². The van der Waals surface area contributed by atoms with Crippen molar-refractivity contribution in [3.8, 4) is 6.07 Å². The van der Waals surface area contributed by atoms with E-state index in [0.717, 1.165) is 5.56 Å². The summed E-state index contributed by atoms with van der Waals surface area (Å²) in [5.41, 5.74) is 1.92. The number of nitriles is 1. The first-order valence-corrected chi connectivity index (χ1v) is 8.14. The smallest absolute Gasteiger partial charge is 0.147 e. The molecule has 74 valence electrons. The summed E-state index contributed by atoms with van der Waals surface area (Å²) in [4.78, 5) is 0. The van der Waals surface area contributed by atoms with Gasteiger partial charge in [0.05, 0.1) is 11.6 Å². The summed E-state index contributed by atoms with van der Waals surface area (Å²) in [6.45, 7) is 6.89. The second-order valence-electron chi connectivity index (χ2n) is 4.39. The van der Waals surface area contributed by atoms with Crippen molar-refractivity contribution >= 4 is 13.9 Å². The van der Waals surface area contributed by atoms with Crippen molar-refractivity contribution in [1.82, 2.24) is 0 Å². The van der Waals surface area contributed by atoms with Gasteiger partial charge in [-0.1, -0.05) is 19.6 Å². The van der Waals surface area contributed by atoms with Gasteiger partial charge in [0.2, 0.25) is 0 Å². The molecule has 2 nitrogen and oxygen atoms in total. The standard InChI is InChI=1S/C11H16N2Si/c1-13(14(2,3)4)11-7-5-10(9-12)6-8-11/h5-8H,1-4H3. The first kappa shape index (κ1) is 10.8. The molecule has 0 N–H and O–H groups in total. The molecule has 0 saturated carbocycles. The molecule has 0 aliphatic heterocycles. The molecule has 0 amide bonds. The maximum absolute atomic E-state index is 8.67. The minimum absolute atomic E-state index is 0.720. The molecule has 0 atom stereocenters. The van der Waals surface area contributed by atoms with Crippen LogP contribution in [-0.2, 0) is 0 Å². The van der Waals surface area contributed by atoms with Gasteiger partial charge in [0.1, 0.15) is 8.24 Å². The third-order valence-corrected chi connectivity index (χ3v) is 4.66. The minimum Gasteiger partial charge on any atom is -0.401 e. The van der Waals surface area contributed by atoms with E-state index in [-0.39, 0.29) is 0 Å². The predicted molar refractivity (Wildman–Crippen MR) is 62.9 cm³/mol. The van der Waals surface area contributed by atoms with E-state index in [0.29, 0.717) is 0 Å². The Balaban J connectivity index is 2.94. The zero-order valence-electron chi connectivity index (χ0n) is 9.20. The zero-order valence-corrected chi connectivity index (χ0v) is 10.2. The molecule has 0 aliphatic carbocycles. The fourth-order valence-electron chi connectivity index (χ4n) is 1.15. The van der Waals surface area contributed by atoms with E-state index in [1.807, 2.05) is 24.3 Å². The molecular formula is C11H16N2Si. The fourth-order valence-corrected chi connectivity index (χ4v) is 2.07. The Morgan fingerprint density at radius 3 is 2.00 bits per heavy atom. The molecule has 1 aromatic rings. The van der Waals surface area contributed by atoms with E-state index in [9.17, 15) is 0 Å². The summed E-state index contributed by atoms with van der Waals surface area (Å²) in [7, 11) is 0.840. The SMILES string of the molecule is CN(c1ccc(C#N)cc1)[Si](C)(C)C. The van der Waals surface area contributed by atoms with Crippen LogP contribution in [0.1, 0.15) is 5.56 Å². The van der Waals surface area contributed by atoms with E-state index in [2.05, 4.69) is 37.3 Å².